The van der Waals surface area contributed by atoms with Gasteiger partial charge in [0.05, 0.1) is 12.1 Å². The Morgan fingerprint density at radius 2 is 2.06 bits per heavy atom. The molecule has 1 fully saturated rings. The van der Waals surface area contributed by atoms with E-state index in [-0.39, 0.29) is 12.8 Å². The van der Waals surface area contributed by atoms with E-state index in [1.165, 1.54) is 0 Å². The molecule has 0 radical (unpaired) electrons. The number of benzene rings is 1. The molecule has 0 aliphatic carbocycles. The van der Waals surface area contributed by atoms with Gasteiger partial charge in [0.25, 0.3) is 5.92 Å². The molecule has 1 aliphatic heterocycles. The lowest BCUT2D eigenvalue weighted by Crippen LogP contribution is -2.50. The Bertz CT molecular complexity index is 356. The van der Waals surface area contributed by atoms with E-state index in [1.807, 2.05) is 6.07 Å². The van der Waals surface area contributed by atoms with Crippen LogP contribution in [-0.4, -0.2) is 23.6 Å². The van der Waals surface area contributed by atoms with Crippen molar-refractivity contribution in [3.8, 4) is 0 Å². The number of alkyl halides is 2. The van der Waals surface area contributed by atoms with Crippen LogP contribution in [0.15, 0.2) is 30.3 Å². The summed E-state index contributed by atoms with van der Waals surface area (Å²) in [6.45, 7) is 0.599. The molecule has 4 heteroatoms. The Kier molecular flexibility index (Phi) is 3.74. The van der Waals surface area contributed by atoms with Crippen LogP contribution < -0.4 is 5.32 Å². The van der Waals surface area contributed by atoms with Gasteiger partial charge in [0.15, 0.2) is 0 Å². The third-order valence-electron chi connectivity index (χ3n) is 3.23. The molecule has 0 spiro atoms. The third-order valence-corrected chi connectivity index (χ3v) is 3.23. The summed E-state index contributed by atoms with van der Waals surface area (Å²) >= 11 is 0. The number of hydrogen-bond donors (Lipinski definition) is 2. The SMILES string of the molecule is OC(CC1NCCCC1(F)F)c1ccccc1. The lowest BCUT2D eigenvalue weighted by molar-refractivity contribution is -0.0731. The van der Waals surface area contributed by atoms with Gasteiger partial charge in [0.1, 0.15) is 0 Å². The average molecular weight is 241 g/mol. The van der Waals surface area contributed by atoms with Gasteiger partial charge in [-0.1, -0.05) is 30.3 Å². The van der Waals surface area contributed by atoms with Gasteiger partial charge < -0.3 is 10.4 Å². The molecule has 2 N–H and O–H groups in total. The summed E-state index contributed by atoms with van der Waals surface area (Å²) < 4.78 is 27.1. The summed E-state index contributed by atoms with van der Waals surface area (Å²) in [7, 11) is 0. The van der Waals surface area contributed by atoms with Gasteiger partial charge in [-0.05, 0) is 24.9 Å². The van der Waals surface area contributed by atoms with Crippen molar-refractivity contribution in [2.45, 2.75) is 37.3 Å². The summed E-state index contributed by atoms with van der Waals surface area (Å²) in [5.74, 6) is -2.71. The van der Waals surface area contributed by atoms with E-state index in [4.69, 9.17) is 0 Å². The molecule has 2 unspecified atom stereocenters. The Balaban J connectivity index is 2.00. The first-order valence-corrected chi connectivity index (χ1v) is 5.94. The van der Waals surface area contributed by atoms with Crippen LogP contribution in [0, 0.1) is 0 Å². The number of aliphatic hydroxyl groups excluding tert-OH is 1. The van der Waals surface area contributed by atoms with Gasteiger partial charge in [0, 0.05) is 6.42 Å². The van der Waals surface area contributed by atoms with Crippen LogP contribution in [0.5, 0.6) is 0 Å². The molecule has 1 aliphatic rings. The lowest BCUT2D eigenvalue weighted by Gasteiger charge is -2.33. The number of hydrogen-bond acceptors (Lipinski definition) is 2. The van der Waals surface area contributed by atoms with Crippen LogP contribution in [0.4, 0.5) is 8.78 Å². The van der Waals surface area contributed by atoms with Crippen LogP contribution in [-0.2, 0) is 0 Å². The Hall–Kier alpha value is -1.00. The molecule has 0 aromatic heterocycles. The fraction of sp³-hybridized carbons (Fsp3) is 0.538. The maximum absolute atomic E-state index is 13.6. The molecule has 2 atom stereocenters. The summed E-state index contributed by atoms with van der Waals surface area (Å²) in [4.78, 5) is 0. The topological polar surface area (TPSA) is 32.3 Å². The standard InChI is InChI=1S/C13H17F2NO/c14-13(15)7-4-8-16-12(13)9-11(17)10-5-2-1-3-6-10/h1-3,5-6,11-12,16-17H,4,7-9H2. The molecule has 0 saturated carbocycles. The molecule has 94 valence electrons. The van der Waals surface area contributed by atoms with Crippen molar-refractivity contribution in [2.24, 2.45) is 0 Å². The number of aliphatic hydroxyl groups is 1. The Morgan fingerprint density at radius 1 is 1.35 bits per heavy atom. The van der Waals surface area contributed by atoms with Gasteiger partial charge in [-0.2, -0.15) is 0 Å². The zero-order valence-electron chi connectivity index (χ0n) is 9.57. The van der Waals surface area contributed by atoms with Crippen molar-refractivity contribution in [1.82, 2.24) is 5.32 Å². The average Bonchev–Trinajstić information content (AvgIpc) is 2.33. The van der Waals surface area contributed by atoms with E-state index in [1.54, 1.807) is 24.3 Å². The predicted octanol–water partition coefficient (Wildman–Crippen LogP) is 2.50. The summed E-state index contributed by atoms with van der Waals surface area (Å²) in [6, 6.07) is 8.02. The lowest BCUT2D eigenvalue weighted by atomic mass is 9.93. The van der Waals surface area contributed by atoms with Crippen molar-refractivity contribution >= 4 is 0 Å². The summed E-state index contributed by atoms with van der Waals surface area (Å²) in [5, 5.41) is 12.7. The van der Waals surface area contributed by atoms with Crippen LogP contribution in [0.1, 0.15) is 30.9 Å². The normalized spacial score (nSPS) is 25.5. The van der Waals surface area contributed by atoms with Crippen LogP contribution in [0.3, 0.4) is 0 Å². The fourth-order valence-electron chi connectivity index (χ4n) is 2.21. The molecule has 1 aromatic rings. The van der Waals surface area contributed by atoms with Crippen molar-refractivity contribution in [3.05, 3.63) is 35.9 Å². The highest BCUT2D eigenvalue weighted by Gasteiger charge is 2.42. The van der Waals surface area contributed by atoms with E-state index in [0.717, 1.165) is 0 Å². The van der Waals surface area contributed by atoms with Crippen molar-refractivity contribution in [2.75, 3.05) is 6.54 Å². The molecule has 0 bridgehead atoms. The first-order valence-electron chi connectivity index (χ1n) is 5.94. The van der Waals surface area contributed by atoms with Crippen molar-refractivity contribution in [1.29, 1.82) is 0 Å². The number of nitrogens with one attached hydrogen (secondary N) is 1. The second-order valence-corrected chi connectivity index (χ2v) is 4.53. The highest BCUT2D eigenvalue weighted by Crippen LogP contribution is 2.33. The van der Waals surface area contributed by atoms with Crippen LogP contribution in [0.25, 0.3) is 0 Å². The largest absolute Gasteiger partial charge is 0.388 e. The fourth-order valence-corrected chi connectivity index (χ4v) is 2.21. The van der Waals surface area contributed by atoms with E-state index in [2.05, 4.69) is 5.32 Å². The van der Waals surface area contributed by atoms with Gasteiger partial charge in [0.2, 0.25) is 0 Å². The molecule has 1 saturated heterocycles. The number of rotatable bonds is 3. The van der Waals surface area contributed by atoms with Crippen molar-refractivity contribution in [3.63, 3.8) is 0 Å². The quantitative estimate of drug-likeness (QED) is 0.852. The molecule has 1 aromatic carbocycles. The maximum Gasteiger partial charge on any atom is 0.263 e. The number of halogens is 2. The second kappa shape index (κ2) is 5.10. The second-order valence-electron chi connectivity index (χ2n) is 4.53. The van der Waals surface area contributed by atoms with E-state index < -0.39 is 18.1 Å². The maximum atomic E-state index is 13.6. The zero-order valence-corrected chi connectivity index (χ0v) is 9.57. The highest BCUT2D eigenvalue weighted by molar-refractivity contribution is 5.17. The third kappa shape index (κ3) is 3.01. The van der Waals surface area contributed by atoms with E-state index in [0.29, 0.717) is 18.5 Å². The molecular weight excluding hydrogens is 224 g/mol. The minimum absolute atomic E-state index is 0.0526. The van der Waals surface area contributed by atoms with E-state index >= 15 is 0 Å². The minimum atomic E-state index is -2.71. The van der Waals surface area contributed by atoms with Gasteiger partial charge in [-0.3, -0.25) is 0 Å². The van der Waals surface area contributed by atoms with Crippen LogP contribution >= 0.6 is 0 Å². The summed E-state index contributed by atoms with van der Waals surface area (Å²) in [6.07, 6.45) is -0.383. The molecular formula is C13H17F2NO. The van der Waals surface area contributed by atoms with Gasteiger partial charge in [-0.25, -0.2) is 8.78 Å². The summed E-state index contributed by atoms with van der Waals surface area (Å²) in [5.41, 5.74) is 0.690. The minimum Gasteiger partial charge on any atom is -0.388 e. The van der Waals surface area contributed by atoms with Crippen molar-refractivity contribution < 1.29 is 13.9 Å². The first kappa shape index (κ1) is 12.5. The molecule has 2 nitrogen and oxygen atoms in total. The Morgan fingerprint density at radius 3 is 2.71 bits per heavy atom. The van der Waals surface area contributed by atoms with E-state index in [9.17, 15) is 13.9 Å². The first-order chi connectivity index (χ1) is 8.09. The van der Waals surface area contributed by atoms with Gasteiger partial charge >= 0.3 is 0 Å². The van der Waals surface area contributed by atoms with Gasteiger partial charge in [-0.15, -0.1) is 0 Å². The monoisotopic (exact) mass is 241 g/mol. The molecule has 1 heterocycles. The highest BCUT2D eigenvalue weighted by atomic mass is 19.3. The zero-order chi connectivity index (χ0) is 12.3. The van der Waals surface area contributed by atoms with Crippen LogP contribution in [0.2, 0.25) is 0 Å². The predicted molar refractivity (Wildman–Crippen MR) is 62.0 cm³/mol. The Labute approximate surface area is 99.7 Å². The number of piperidine rings is 1. The molecule has 0 amide bonds. The molecule has 17 heavy (non-hydrogen) atoms. The molecule has 2 rings (SSSR count). The smallest absolute Gasteiger partial charge is 0.263 e.